The highest BCUT2D eigenvalue weighted by atomic mass is 19.1. The molecular weight excluding hydrogens is 351 g/mol. The van der Waals surface area contributed by atoms with Crippen LogP contribution in [0.3, 0.4) is 0 Å². The van der Waals surface area contributed by atoms with Crippen LogP contribution in [-0.2, 0) is 5.79 Å². The third-order valence-corrected chi connectivity index (χ3v) is 5.88. The summed E-state index contributed by atoms with van der Waals surface area (Å²) in [5.74, 6) is 0.567. The smallest absolute Gasteiger partial charge is 0.278 e. The number of ether oxygens (including phenoxy) is 2. The lowest BCUT2D eigenvalue weighted by Crippen LogP contribution is -2.46. The molecule has 0 saturated heterocycles. The Morgan fingerprint density at radius 2 is 1.50 bits per heavy atom. The Kier molecular flexibility index (Phi) is 3.13. The molecule has 2 aliphatic rings. The highest BCUT2D eigenvalue weighted by molar-refractivity contribution is 5.89. The summed E-state index contributed by atoms with van der Waals surface area (Å²) >= 11 is 0. The summed E-state index contributed by atoms with van der Waals surface area (Å²) in [4.78, 5) is 0. The SMILES string of the molecule is Fc1ccc([C@]23C[C@H](c4ccccc4O2)c2c(ccc4ccccc24)O3)cc1. The molecule has 2 bridgehead atoms. The number of hydrogen-bond donors (Lipinski definition) is 0. The molecule has 4 aromatic carbocycles. The van der Waals surface area contributed by atoms with Crippen LogP contribution in [0.4, 0.5) is 4.39 Å². The van der Waals surface area contributed by atoms with Crippen molar-refractivity contribution in [3.63, 3.8) is 0 Å². The van der Waals surface area contributed by atoms with Crippen LogP contribution in [0.25, 0.3) is 10.8 Å². The Balaban J connectivity index is 1.64. The van der Waals surface area contributed by atoms with Crippen LogP contribution in [0.15, 0.2) is 84.9 Å². The predicted octanol–water partition coefficient (Wildman–Crippen LogP) is 6.14. The average molecular weight is 368 g/mol. The summed E-state index contributed by atoms with van der Waals surface area (Å²) in [6.07, 6.45) is 0.649. The van der Waals surface area contributed by atoms with Crippen molar-refractivity contribution in [3.8, 4) is 11.5 Å². The molecule has 0 aromatic heterocycles. The van der Waals surface area contributed by atoms with E-state index in [1.807, 2.05) is 24.3 Å². The van der Waals surface area contributed by atoms with Crippen molar-refractivity contribution >= 4 is 10.8 Å². The van der Waals surface area contributed by atoms with Gasteiger partial charge in [0.25, 0.3) is 5.79 Å². The molecule has 0 aliphatic carbocycles. The Hall–Kier alpha value is -3.33. The van der Waals surface area contributed by atoms with Gasteiger partial charge in [0.05, 0.1) is 0 Å². The van der Waals surface area contributed by atoms with E-state index in [1.165, 1.54) is 34.0 Å². The molecule has 136 valence electrons. The van der Waals surface area contributed by atoms with Gasteiger partial charge in [-0.2, -0.15) is 0 Å². The molecule has 0 saturated carbocycles. The number of benzene rings is 4. The first-order chi connectivity index (χ1) is 13.7. The summed E-state index contributed by atoms with van der Waals surface area (Å²) in [5, 5.41) is 2.40. The normalized spacial score (nSPS) is 22.0. The maximum Gasteiger partial charge on any atom is 0.278 e. The van der Waals surface area contributed by atoms with Gasteiger partial charge in [0.2, 0.25) is 0 Å². The van der Waals surface area contributed by atoms with Crippen molar-refractivity contribution in [2.75, 3.05) is 0 Å². The second-order valence-electron chi connectivity index (χ2n) is 7.46. The van der Waals surface area contributed by atoms with Gasteiger partial charge < -0.3 is 9.47 Å². The maximum absolute atomic E-state index is 13.5. The zero-order chi connectivity index (χ0) is 18.7. The Labute approximate surface area is 162 Å². The van der Waals surface area contributed by atoms with E-state index in [9.17, 15) is 4.39 Å². The van der Waals surface area contributed by atoms with Crippen molar-refractivity contribution in [3.05, 3.63) is 107 Å². The van der Waals surface area contributed by atoms with Gasteiger partial charge in [0, 0.05) is 29.0 Å². The van der Waals surface area contributed by atoms with Gasteiger partial charge in [-0.3, -0.25) is 0 Å². The number of fused-ring (bicyclic) bond motifs is 8. The van der Waals surface area contributed by atoms with E-state index in [1.54, 1.807) is 12.1 Å². The van der Waals surface area contributed by atoms with Crippen LogP contribution in [0.2, 0.25) is 0 Å². The second-order valence-corrected chi connectivity index (χ2v) is 7.46. The molecule has 4 aromatic rings. The minimum absolute atomic E-state index is 0.143. The van der Waals surface area contributed by atoms with Crippen molar-refractivity contribution in [1.82, 2.24) is 0 Å². The first kappa shape index (κ1) is 15.7. The van der Waals surface area contributed by atoms with Gasteiger partial charge in [0.15, 0.2) is 0 Å². The first-order valence-corrected chi connectivity index (χ1v) is 9.48. The molecule has 2 aliphatic heterocycles. The molecule has 6 rings (SSSR count). The summed E-state index contributed by atoms with van der Waals surface area (Å²) in [7, 11) is 0. The van der Waals surface area contributed by atoms with Gasteiger partial charge >= 0.3 is 0 Å². The number of hydrogen-bond acceptors (Lipinski definition) is 2. The van der Waals surface area contributed by atoms with Crippen LogP contribution in [0.5, 0.6) is 11.5 Å². The summed E-state index contributed by atoms with van der Waals surface area (Å²) in [5.41, 5.74) is 3.19. The van der Waals surface area contributed by atoms with Crippen LogP contribution < -0.4 is 9.47 Å². The molecule has 0 unspecified atom stereocenters. The van der Waals surface area contributed by atoms with E-state index >= 15 is 0 Å². The molecule has 2 nitrogen and oxygen atoms in total. The molecule has 3 heteroatoms. The first-order valence-electron chi connectivity index (χ1n) is 9.48. The minimum atomic E-state index is -0.956. The summed E-state index contributed by atoms with van der Waals surface area (Å²) in [6.45, 7) is 0. The fourth-order valence-corrected chi connectivity index (χ4v) is 4.62. The molecular formula is C25H17FO2. The summed E-state index contributed by atoms with van der Waals surface area (Å²) < 4.78 is 26.5. The molecule has 2 heterocycles. The van der Waals surface area contributed by atoms with E-state index in [2.05, 4.69) is 36.4 Å². The van der Waals surface area contributed by atoms with E-state index < -0.39 is 5.79 Å². The maximum atomic E-state index is 13.5. The Bertz CT molecular complexity index is 1210. The van der Waals surface area contributed by atoms with Gasteiger partial charge in [-0.05, 0) is 47.2 Å². The molecule has 2 atom stereocenters. The summed E-state index contributed by atoms with van der Waals surface area (Å²) in [6, 6.07) is 27.1. The van der Waals surface area contributed by atoms with Crippen molar-refractivity contribution < 1.29 is 13.9 Å². The van der Waals surface area contributed by atoms with Crippen LogP contribution >= 0.6 is 0 Å². The quantitative estimate of drug-likeness (QED) is 0.402. The minimum Gasteiger partial charge on any atom is -0.448 e. The Morgan fingerprint density at radius 1 is 0.750 bits per heavy atom. The average Bonchev–Trinajstić information content (AvgIpc) is 2.73. The lowest BCUT2D eigenvalue weighted by atomic mass is 9.77. The van der Waals surface area contributed by atoms with Crippen LogP contribution in [0, 0.1) is 5.82 Å². The number of para-hydroxylation sites is 1. The van der Waals surface area contributed by atoms with Crippen molar-refractivity contribution in [1.29, 1.82) is 0 Å². The number of halogens is 1. The fourth-order valence-electron chi connectivity index (χ4n) is 4.62. The topological polar surface area (TPSA) is 18.5 Å². The molecule has 0 N–H and O–H groups in total. The van der Waals surface area contributed by atoms with Gasteiger partial charge in [-0.15, -0.1) is 0 Å². The predicted molar refractivity (Wildman–Crippen MR) is 106 cm³/mol. The Morgan fingerprint density at radius 3 is 2.39 bits per heavy atom. The monoisotopic (exact) mass is 368 g/mol. The molecule has 28 heavy (non-hydrogen) atoms. The van der Waals surface area contributed by atoms with Gasteiger partial charge in [0.1, 0.15) is 17.3 Å². The van der Waals surface area contributed by atoms with E-state index in [0.717, 1.165) is 17.1 Å². The number of rotatable bonds is 1. The third kappa shape index (κ3) is 2.13. The van der Waals surface area contributed by atoms with Gasteiger partial charge in [-0.1, -0.05) is 48.5 Å². The van der Waals surface area contributed by atoms with E-state index in [0.29, 0.717) is 6.42 Å². The van der Waals surface area contributed by atoms with Gasteiger partial charge in [-0.25, -0.2) is 4.39 Å². The van der Waals surface area contributed by atoms with Crippen molar-refractivity contribution in [2.45, 2.75) is 18.1 Å². The van der Waals surface area contributed by atoms with E-state index in [4.69, 9.17) is 9.47 Å². The lowest BCUT2D eigenvalue weighted by Gasteiger charge is -2.46. The fraction of sp³-hybridized carbons (Fsp3) is 0.120. The molecule has 0 fully saturated rings. The van der Waals surface area contributed by atoms with Crippen LogP contribution in [-0.4, -0.2) is 0 Å². The van der Waals surface area contributed by atoms with Crippen molar-refractivity contribution in [2.24, 2.45) is 0 Å². The van der Waals surface area contributed by atoms with E-state index in [-0.39, 0.29) is 11.7 Å². The highest BCUT2D eigenvalue weighted by Gasteiger charge is 2.50. The zero-order valence-corrected chi connectivity index (χ0v) is 15.1. The largest absolute Gasteiger partial charge is 0.448 e. The lowest BCUT2D eigenvalue weighted by molar-refractivity contribution is -0.148. The zero-order valence-electron chi connectivity index (χ0n) is 15.1. The second kappa shape index (κ2) is 5.59. The standard InChI is InChI=1S/C25H17FO2/c26-18-12-10-17(11-13-18)25-15-21(20-7-3-4-8-22(20)27-25)24-19-6-2-1-5-16(19)9-14-23(24)28-25/h1-14,21H,15H2/t21-,25-/m1/s1. The molecule has 0 amide bonds. The highest BCUT2D eigenvalue weighted by Crippen LogP contribution is 2.56. The molecule has 0 radical (unpaired) electrons. The molecule has 0 spiro atoms. The third-order valence-electron chi connectivity index (χ3n) is 5.88. The van der Waals surface area contributed by atoms with Crippen LogP contribution in [0.1, 0.15) is 29.0 Å².